The SMILES string of the molecule is COc1ccc(-c2c(-c3ccc(S(N)(=O)=O)cc3)oc3ccccc3c2=O)cc1OC. The lowest BCUT2D eigenvalue weighted by molar-refractivity contribution is 0.355. The number of sulfonamides is 1. The molecule has 0 fully saturated rings. The van der Waals surface area contributed by atoms with E-state index in [1.54, 1.807) is 54.6 Å². The second-order valence-electron chi connectivity index (χ2n) is 6.77. The average Bonchev–Trinajstić information content (AvgIpc) is 2.78. The molecule has 1 heterocycles. The van der Waals surface area contributed by atoms with Crippen molar-refractivity contribution in [2.24, 2.45) is 5.14 Å². The van der Waals surface area contributed by atoms with Gasteiger partial charge in [0.25, 0.3) is 0 Å². The highest BCUT2D eigenvalue weighted by atomic mass is 32.2. The van der Waals surface area contributed by atoms with Gasteiger partial charge in [-0.3, -0.25) is 4.79 Å². The molecule has 0 atom stereocenters. The monoisotopic (exact) mass is 437 g/mol. The van der Waals surface area contributed by atoms with Gasteiger partial charge in [-0.1, -0.05) is 18.2 Å². The van der Waals surface area contributed by atoms with Crippen molar-refractivity contribution in [1.29, 1.82) is 0 Å². The van der Waals surface area contributed by atoms with Gasteiger partial charge >= 0.3 is 0 Å². The molecular weight excluding hydrogens is 418 g/mol. The van der Waals surface area contributed by atoms with Crippen molar-refractivity contribution in [2.45, 2.75) is 4.90 Å². The van der Waals surface area contributed by atoms with Crippen LogP contribution in [0, 0.1) is 0 Å². The molecule has 0 aliphatic carbocycles. The minimum absolute atomic E-state index is 0.0351. The minimum atomic E-state index is -3.85. The first-order valence-electron chi connectivity index (χ1n) is 9.25. The van der Waals surface area contributed by atoms with Crippen LogP contribution in [0.4, 0.5) is 0 Å². The van der Waals surface area contributed by atoms with E-state index in [2.05, 4.69) is 0 Å². The number of para-hydroxylation sites is 1. The Morgan fingerprint density at radius 3 is 2.13 bits per heavy atom. The van der Waals surface area contributed by atoms with Gasteiger partial charge in [0.1, 0.15) is 11.3 Å². The van der Waals surface area contributed by atoms with E-state index in [1.165, 1.54) is 26.4 Å². The van der Waals surface area contributed by atoms with Crippen LogP contribution in [0.25, 0.3) is 33.4 Å². The topological polar surface area (TPSA) is 109 Å². The van der Waals surface area contributed by atoms with Crippen molar-refractivity contribution in [2.75, 3.05) is 14.2 Å². The molecular formula is C23H19NO6S. The largest absolute Gasteiger partial charge is 0.493 e. The molecule has 8 heteroatoms. The average molecular weight is 437 g/mol. The molecule has 0 unspecified atom stereocenters. The number of ether oxygens (including phenoxy) is 2. The molecule has 0 spiro atoms. The van der Waals surface area contributed by atoms with Crippen molar-refractivity contribution in [3.63, 3.8) is 0 Å². The Labute approximate surface area is 178 Å². The molecule has 0 saturated heterocycles. The highest BCUT2D eigenvalue weighted by Crippen LogP contribution is 2.37. The summed E-state index contributed by atoms with van der Waals surface area (Å²) in [6.45, 7) is 0. The molecule has 2 N–H and O–H groups in total. The van der Waals surface area contributed by atoms with Gasteiger partial charge < -0.3 is 13.9 Å². The lowest BCUT2D eigenvalue weighted by Gasteiger charge is -2.13. The van der Waals surface area contributed by atoms with Gasteiger partial charge in [0.05, 0.1) is 30.1 Å². The molecule has 0 aliphatic heterocycles. The van der Waals surface area contributed by atoms with Gasteiger partial charge in [0.15, 0.2) is 11.5 Å². The molecule has 0 saturated carbocycles. The second-order valence-corrected chi connectivity index (χ2v) is 8.33. The zero-order valence-electron chi connectivity index (χ0n) is 16.8. The van der Waals surface area contributed by atoms with Gasteiger partial charge in [-0.2, -0.15) is 0 Å². The summed E-state index contributed by atoms with van der Waals surface area (Å²) in [6, 6.07) is 17.9. The Balaban J connectivity index is 2.02. The van der Waals surface area contributed by atoms with E-state index < -0.39 is 10.0 Å². The van der Waals surface area contributed by atoms with E-state index in [9.17, 15) is 13.2 Å². The first-order valence-corrected chi connectivity index (χ1v) is 10.8. The van der Waals surface area contributed by atoms with E-state index in [1.807, 2.05) is 0 Å². The molecule has 0 bridgehead atoms. The zero-order chi connectivity index (χ0) is 22.2. The summed E-state index contributed by atoms with van der Waals surface area (Å²) >= 11 is 0. The van der Waals surface area contributed by atoms with Crippen LogP contribution in [-0.4, -0.2) is 22.6 Å². The number of fused-ring (bicyclic) bond motifs is 1. The fourth-order valence-electron chi connectivity index (χ4n) is 3.40. The molecule has 4 rings (SSSR count). The molecule has 31 heavy (non-hydrogen) atoms. The zero-order valence-corrected chi connectivity index (χ0v) is 17.6. The number of hydrogen-bond donors (Lipinski definition) is 1. The normalized spacial score (nSPS) is 11.5. The molecule has 1 aromatic heterocycles. The Morgan fingerprint density at radius 2 is 1.48 bits per heavy atom. The maximum Gasteiger partial charge on any atom is 0.238 e. The standard InChI is InChI=1S/C23H19NO6S/c1-28-19-12-9-15(13-20(19)29-2)21-22(25)17-5-3-4-6-18(17)30-23(21)14-7-10-16(11-8-14)31(24,26)27/h3-13H,1-2H3,(H2,24,26,27). The summed E-state index contributed by atoms with van der Waals surface area (Å²) in [6.07, 6.45) is 0. The summed E-state index contributed by atoms with van der Waals surface area (Å²) in [5.41, 5.74) is 1.62. The van der Waals surface area contributed by atoms with E-state index in [-0.39, 0.29) is 10.3 Å². The van der Waals surface area contributed by atoms with Crippen LogP contribution in [0.1, 0.15) is 0 Å². The summed E-state index contributed by atoms with van der Waals surface area (Å²) in [5.74, 6) is 1.29. The van der Waals surface area contributed by atoms with E-state index in [0.29, 0.717) is 44.9 Å². The van der Waals surface area contributed by atoms with Crippen LogP contribution in [0.3, 0.4) is 0 Å². The summed E-state index contributed by atoms with van der Waals surface area (Å²) in [4.78, 5) is 13.4. The third-order valence-corrected chi connectivity index (χ3v) is 5.84. The Hall–Kier alpha value is -3.62. The van der Waals surface area contributed by atoms with Gasteiger partial charge in [0.2, 0.25) is 15.5 Å². The van der Waals surface area contributed by atoms with Gasteiger partial charge in [-0.05, 0) is 54.1 Å². The van der Waals surface area contributed by atoms with Crippen molar-refractivity contribution >= 4 is 21.0 Å². The van der Waals surface area contributed by atoms with Gasteiger partial charge in [-0.25, -0.2) is 13.6 Å². The third-order valence-electron chi connectivity index (χ3n) is 4.92. The van der Waals surface area contributed by atoms with Gasteiger partial charge in [0, 0.05) is 5.56 Å². The highest BCUT2D eigenvalue weighted by molar-refractivity contribution is 7.89. The number of nitrogens with two attached hydrogens (primary N) is 1. The fraction of sp³-hybridized carbons (Fsp3) is 0.0870. The molecule has 0 amide bonds. The van der Waals surface area contributed by atoms with E-state index >= 15 is 0 Å². The van der Waals surface area contributed by atoms with Crippen LogP contribution in [-0.2, 0) is 10.0 Å². The van der Waals surface area contributed by atoms with Crippen molar-refractivity contribution in [3.8, 4) is 33.9 Å². The smallest absolute Gasteiger partial charge is 0.238 e. The number of benzene rings is 3. The lowest BCUT2D eigenvalue weighted by Crippen LogP contribution is -2.12. The minimum Gasteiger partial charge on any atom is -0.493 e. The molecule has 158 valence electrons. The Morgan fingerprint density at radius 1 is 0.839 bits per heavy atom. The van der Waals surface area contributed by atoms with Crippen LogP contribution in [0.2, 0.25) is 0 Å². The van der Waals surface area contributed by atoms with Crippen molar-refractivity contribution in [1.82, 2.24) is 0 Å². The summed E-state index contributed by atoms with van der Waals surface area (Å²) < 4.78 is 40.0. The van der Waals surface area contributed by atoms with Crippen molar-refractivity contribution < 1.29 is 22.3 Å². The number of methoxy groups -OCH3 is 2. The molecule has 4 aromatic rings. The van der Waals surface area contributed by atoms with E-state index in [0.717, 1.165) is 0 Å². The van der Waals surface area contributed by atoms with Crippen LogP contribution in [0.15, 0.2) is 80.8 Å². The third kappa shape index (κ3) is 3.78. The second kappa shape index (κ2) is 7.90. The van der Waals surface area contributed by atoms with E-state index in [4.69, 9.17) is 19.0 Å². The van der Waals surface area contributed by atoms with Crippen LogP contribution >= 0.6 is 0 Å². The summed E-state index contributed by atoms with van der Waals surface area (Å²) in [7, 11) is -0.807. The van der Waals surface area contributed by atoms with Crippen molar-refractivity contribution in [3.05, 3.63) is 77.0 Å². The summed E-state index contributed by atoms with van der Waals surface area (Å²) in [5, 5.41) is 5.63. The maximum atomic E-state index is 13.5. The Bertz CT molecular complexity index is 1440. The Kier molecular flexibility index (Phi) is 5.26. The first-order chi connectivity index (χ1) is 14.8. The van der Waals surface area contributed by atoms with Crippen LogP contribution in [0.5, 0.6) is 11.5 Å². The predicted molar refractivity (Wildman–Crippen MR) is 118 cm³/mol. The molecule has 7 nitrogen and oxygen atoms in total. The maximum absolute atomic E-state index is 13.5. The molecule has 3 aromatic carbocycles. The quantitative estimate of drug-likeness (QED) is 0.509. The predicted octanol–water partition coefficient (Wildman–Crippen LogP) is 3.79. The number of rotatable bonds is 5. The number of hydrogen-bond acceptors (Lipinski definition) is 6. The van der Waals surface area contributed by atoms with Crippen LogP contribution < -0.4 is 20.0 Å². The molecule has 0 radical (unpaired) electrons. The van der Waals surface area contributed by atoms with Gasteiger partial charge in [-0.15, -0.1) is 0 Å². The lowest BCUT2D eigenvalue weighted by atomic mass is 9.98. The number of primary sulfonamides is 1. The first kappa shape index (κ1) is 20.6. The highest BCUT2D eigenvalue weighted by Gasteiger charge is 2.20. The fourth-order valence-corrected chi connectivity index (χ4v) is 3.91. The molecule has 0 aliphatic rings.